The maximum absolute atomic E-state index is 11.4. The van der Waals surface area contributed by atoms with Gasteiger partial charge in [0.05, 0.1) is 6.61 Å². The van der Waals surface area contributed by atoms with E-state index < -0.39 is 12.8 Å². The van der Waals surface area contributed by atoms with Crippen LogP contribution in [0.25, 0.3) is 0 Å². The average Bonchev–Trinajstić information content (AvgIpc) is 1.78. The predicted octanol–water partition coefficient (Wildman–Crippen LogP) is 1.13. The molecule has 0 rings (SSSR count). The van der Waals surface area contributed by atoms with E-state index in [9.17, 15) is 13.2 Å². The smallest absolute Gasteiger partial charge is 0.371 e. The fourth-order valence-corrected chi connectivity index (χ4v) is 0.435. The molecule has 68 valence electrons. The summed E-state index contributed by atoms with van der Waals surface area (Å²) < 4.78 is 38.7. The van der Waals surface area contributed by atoms with Crippen LogP contribution in [0.2, 0.25) is 0 Å². The van der Waals surface area contributed by atoms with Crippen molar-refractivity contribution in [2.24, 2.45) is 0 Å². The van der Waals surface area contributed by atoms with E-state index in [4.69, 9.17) is 0 Å². The Balaban J connectivity index is 3.15. The molecule has 0 saturated heterocycles. The standard InChI is InChI=1S/C6H12F3NO/c1-10(2)3-4-11-5-6(7,8)9/h3-5H2,1-2H3. The Morgan fingerprint density at radius 1 is 1.27 bits per heavy atom. The number of hydrogen-bond acceptors (Lipinski definition) is 2. The monoisotopic (exact) mass is 171 g/mol. The summed E-state index contributed by atoms with van der Waals surface area (Å²) in [5.41, 5.74) is 0. The molecule has 0 aromatic rings. The number of halogens is 3. The lowest BCUT2D eigenvalue weighted by atomic mass is 10.6. The number of hydrogen-bond donors (Lipinski definition) is 0. The van der Waals surface area contributed by atoms with Crippen LogP contribution in [0.15, 0.2) is 0 Å². The van der Waals surface area contributed by atoms with Gasteiger partial charge in [0.1, 0.15) is 6.61 Å². The Hall–Kier alpha value is -0.290. The van der Waals surface area contributed by atoms with E-state index in [1.54, 1.807) is 19.0 Å². The first-order valence-electron chi connectivity index (χ1n) is 3.21. The van der Waals surface area contributed by atoms with Gasteiger partial charge in [0.2, 0.25) is 0 Å². The minimum atomic E-state index is -4.20. The molecule has 0 amide bonds. The zero-order chi connectivity index (χ0) is 8.91. The summed E-state index contributed by atoms with van der Waals surface area (Å²) in [5, 5.41) is 0. The molecule has 0 bridgehead atoms. The third kappa shape index (κ3) is 9.71. The van der Waals surface area contributed by atoms with E-state index in [1.165, 1.54) is 0 Å². The summed E-state index contributed by atoms with van der Waals surface area (Å²) in [6.45, 7) is -0.524. The third-order valence-corrected chi connectivity index (χ3v) is 0.949. The van der Waals surface area contributed by atoms with E-state index >= 15 is 0 Å². The van der Waals surface area contributed by atoms with E-state index in [-0.39, 0.29) is 6.61 Å². The first kappa shape index (κ1) is 10.7. The average molecular weight is 171 g/mol. The lowest BCUT2D eigenvalue weighted by molar-refractivity contribution is -0.174. The van der Waals surface area contributed by atoms with Crippen LogP contribution >= 0.6 is 0 Å². The Kier molecular flexibility index (Phi) is 4.44. The van der Waals surface area contributed by atoms with Crippen LogP contribution in [0, 0.1) is 0 Å². The van der Waals surface area contributed by atoms with Crippen LogP contribution in [-0.4, -0.2) is 44.9 Å². The highest BCUT2D eigenvalue weighted by atomic mass is 19.4. The van der Waals surface area contributed by atoms with Crippen LogP contribution in [0.3, 0.4) is 0 Å². The first-order chi connectivity index (χ1) is 4.92. The Morgan fingerprint density at radius 3 is 2.18 bits per heavy atom. The molecule has 0 N–H and O–H groups in total. The van der Waals surface area contributed by atoms with Crippen molar-refractivity contribution in [3.8, 4) is 0 Å². The summed E-state index contributed by atoms with van der Waals surface area (Å²) in [4.78, 5) is 1.76. The largest absolute Gasteiger partial charge is 0.411 e. The second kappa shape index (κ2) is 4.56. The summed E-state index contributed by atoms with van der Waals surface area (Å²) >= 11 is 0. The zero-order valence-corrected chi connectivity index (χ0v) is 6.61. The van der Waals surface area contributed by atoms with Gasteiger partial charge in [0.15, 0.2) is 0 Å². The maximum atomic E-state index is 11.4. The van der Waals surface area contributed by atoms with Crippen molar-refractivity contribution in [1.29, 1.82) is 0 Å². The van der Waals surface area contributed by atoms with Gasteiger partial charge in [-0.2, -0.15) is 13.2 Å². The van der Waals surface area contributed by atoms with Crippen molar-refractivity contribution in [3.05, 3.63) is 0 Å². The van der Waals surface area contributed by atoms with Crippen molar-refractivity contribution in [1.82, 2.24) is 4.90 Å². The Bertz CT molecular complexity index is 102. The normalized spacial score (nSPS) is 12.5. The van der Waals surface area contributed by atoms with Crippen molar-refractivity contribution in [3.63, 3.8) is 0 Å². The van der Waals surface area contributed by atoms with Gasteiger partial charge in [-0.05, 0) is 14.1 Å². The van der Waals surface area contributed by atoms with Gasteiger partial charge in [-0.25, -0.2) is 0 Å². The summed E-state index contributed by atoms with van der Waals surface area (Å²) in [7, 11) is 3.55. The molecule has 0 radical (unpaired) electrons. The molecule has 2 nitrogen and oxygen atoms in total. The lowest BCUT2D eigenvalue weighted by Crippen LogP contribution is -2.23. The van der Waals surface area contributed by atoms with Crippen LogP contribution in [0.1, 0.15) is 0 Å². The minimum Gasteiger partial charge on any atom is -0.371 e. The molecule has 0 spiro atoms. The van der Waals surface area contributed by atoms with Crippen LogP contribution < -0.4 is 0 Å². The second-order valence-corrected chi connectivity index (χ2v) is 2.47. The molecule has 0 aliphatic carbocycles. The fourth-order valence-electron chi connectivity index (χ4n) is 0.435. The van der Waals surface area contributed by atoms with Gasteiger partial charge in [0.25, 0.3) is 0 Å². The van der Waals surface area contributed by atoms with E-state index in [2.05, 4.69) is 4.74 Å². The fraction of sp³-hybridized carbons (Fsp3) is 1.00. The second-order valence-electron chi connectivity index (χ2n) is 2.47. The predicted molar refractivity (Wildman–Crippen MR) is 35.4 cm³/mol. The summed E-state index contributed by atoms with van der Waals surface area (Å²) in [6.07, 6.45) is -4.20. The first-order valence-corrected chi connectivity index (χ1v) is 3.21. The summed E-state index contributed by atoms with van der Waals surface area (Å²) in [5.74, 6) is 0. The molecule has 0 unspecified atom stereocenters. The van der Waals surface area contributed by atoms with Crippen LogP contribution in [0.4, 0.5) is 13.2 Å². The number of rotatable bonds is 4. The van der Waals surface area contributed by atoms with E-state index in [1.807, 2.05) is 0 Å². The molecular weight excluding hydrogens is 159 g/mol. The van der Waals surface area contributed by atoms with Crippen molar-refractivity contribution < 1.29 is 17.9 Å². The molecule has 0 aliphatic heterocycles. The number of nitrogens with zero attached hydrogens (tertiary/aromatic N) is 1. The molecule has 0 heterocycles. The highest BCUT2D eigenvalue weighted by Gasteiger charge is 2.27. The highest BCUT2D eigenvalue weighted by molar-refractivity contribution is 4.46. The Labute approximate surface area is 63.9 Å². The molecule has 11 heavy (non-hydrogen) atoms. The molecule has 0 atom stereocenters. The van der Waals surface area contributed by atoms with Gasteiger partial charge in [-0.1, -0.05) is 0 Å². The highest BCUT2D eigenvalue weighted by Crippen LogP contribution is 2.13. The van der Waals surface area contributed by atoms with Gasteiger partial charge in [-0.3, -0.25) is 0 Å². The number of ether oxygens (including phenoxy) is 1. The third-order valence-electron chi connectivity index (χ3n) is 0.949. The van der Waals surface area contributed by atoms with Gasteiger partial charge < -0.3 is 9.64 Å². The quantitative estimate of drug-likeness (QED) is 0.588. The Morgan fingerprint density at radius 2 is 1.82 bits per heavy atom. The van der Waals surface area contributed by atoms with Gasteiger partial charge in [-0.15, -0.1) is 0 Å². The molecule has 0 aromatic heterocycles. The van der Waals surface area contributed by atoms with Crippen molar-refractivity contribution in [2.45, 2.75) is 6.18 Å². The SMILES string of the molecule is CN(C)CCOCC(F)(F)F. The van der Waals surface area contributed by atoms with E-state index in [0.717, 1.165) is 0 Å². The molecular formula is C6H12F3NO. The molecule has 0 fully saturated rings. The van der Waals surface area contributed by atoms with E-state index in [0.29, 0.717) is 6.54 Å². The molecule has 0 aliphatic rings. The topological polar surface area (TPSA) is 12.5 Å². The van der Waals surface area contributed by atoms with Crippen LogP contribution in [-0.2, 0) is 4.74 Å². The summed E-state index contributed by atoms with van der Waals surface area (Å²) in [6, 6.07) is 0. The number of likely N-dealkylation sites (N-methyl/N-ethyl adjacent to an activating group) is 1. The van der Waals surface area contributed by atoms with Gasteiger partial charge in [0, 0.05) is 6.54 Å². The van der Waals surface area contributed by atoms with Crippen molar-refractivity contribution >= 4 is 0 Å². The van der Waals surface area contributed by atoms with Crippen molar-refractivity contribution in [2.75, 3.05) is 33.9 Å². The van der Waals surface area contributed by atoms with Crippen LogP contribution in [0.5, 0.6) is 0 Å². The zero-order valence-electron chi connectivity index (χ0n) is 6.61. The number of alkyl halides is 3. The molecule has 5 heteroatoms. The molecule has 0 aromatic carbocycles. The maximum Gasteiger partial charge on any atom is 0.411 e. The lowest BCUT2D eigenvalue weighted by Gasteiger charge is -2.10. The molecule has 0 saturated carbocycles. The van der Waals surface area contributed by atoms with Gasteiger partial charge >= 0.3 is 6.18 Å². The minimum absolute atomic E-state index is 0.118.